The Balaban J connectivity index is 2.94. The highest BCUT2D eigenvalue weighted by atomic mass is 35.5. The molecule has 0 aromatic heterocycles. The lowest BCUT2D eigenvalue weighted by Gasteiger charge is -2.08. The van der Waals surface area contributed by atoms with Crippen LogP contribution in [0.3, 0.4) is 0 Å². The second-order valence-electron chi connectivity index (χ2n) is 2.80. The average Bonchev–Trinajstić information content (AvgIpc) is 2.25. The molecule has 94 valence electrons. The van der Waals surface area contributed by atoms with Crippen LogP contribution in [0, 0.1) is 5.82 Å². The third-order valence-electron chi connectivity index (χ3n) is 1.66. The molecule has 17 heavy (non-hydrogen) atoms. The summed E-state index contributed by atoms with van der Waals surface area (Å²) in [5, 5.41) is -0.302. The van der Waals surface area contributed by atoms with Crippen molar-refractivity contribution in [3.63, 3.8) is 0 Å². The number of benzene rings is 1. The van der Waals surface area contributed by atoms with E-state index in [2.05, 4.69) is 4.74 Å². The van der Waals surface area contributed by atoms with Gasteiger partial charge in [0.25, 0.3) is 10.0 Å². The van der Waals surface area contributed by atoms with Crippen molar-refractivity contribution in [1.82, 2.24) is 10.3 Å². The van der Waals surface area contributed by atoms with Crippen LogP contribution < -0.4 is 10.3 Å². The van der Waals surface area contributed by atoms with Crippen LogP contribution >= 0.6 is 11.6 Å². The molecule has 9 heteroatoms. The summed E-state index contributed by atoms with van der Waals surface area (Å²) in [6, 6.07) is 2.74. The molecule has 1 rings (SSSR count). The maximum Gasteiger partial charge on any atom is 0.422 e. The predicted molar refractivity (Wildman–Crippen MR) is 57.3 cm³/mol. The first-order chi connectivity index (χ1) is 7.86. The van der Waals surface area contributed by atoms with Gasteiger partial charge in [0.2, 0.25) is 0 Å². The molecule has 0 atom stereocenters. The van der Waals surface area contributed by atoms with Gasteiger partial charge in [-0.25, -0.2) is 23.0 Å². The number of hydrogen-bond donors (Lipinski definition) is 2. The molecule has 2 N–H and O–H groups in total. The number of hydrazine groups is 1. The Labute approximate surface area is 102 Å². The quantitative estimate of drug-likeness (QED) is 0.811. The summed E-state index contributed by atoms with van der Waals surface area (Å²) in [5.41, 5.74) is 1.76. The highest BCUT2D eigenvalue weighted by Gasteiger charge is 2.19. The molecule has 0 aliphatic rings. The molecule has 0 spiro atoms. The van der Waals surface area contributed by atoms with Crippen molar-refractivity contribution in [2.45, 2.75) is 4.90 Å². The second kappa shape index (κ2) is 5.30. The van der Waals surface area contributed by atoms with Gasteiger partial charge in [-0.1, -0.05) is 11.6 Å². The molecule has 0 bridgehead atoms. The highest BCUT2D eigenvalue weighted by molar-refractivity contribution is 7.89. The van der Waals surface area contributed by atoms with Crippen LogP contribution in [-0.2, 0) is 14.8 Å². The number of methoxy groups -OCH3 is 1. The molecule has 1 amide bonds. The molecular formula is C8H8ClFN2O4S. The van der Waals surface area contributed by atoms with Crippen molar-refractivity contribution in [2.75, 3.05) is 7.11 Å². The molecule has 1 aromatic carbocycles. The Bertz CT molecular complexity index is 534. The SMILES string of the molecule is COC(=O)NNS(=O)(=O)c1ccc(F)cc1Cl. The maximum atomic E-state index is 12.7. The van der Waals surface area contributed by atoms with Crippen molar-refractivity contribution in [3.05, 3.63) is 29.0 Å². The van der Waals surface area contributed by atoms with Crippen molar-refractivity contribution in [2.24, 2.45) is 0 Å². The lowest BCUT2D eigenvalue weighted by atomic mass is 10.3. The molecule has 0 aliphatic heterocycles. The normalized spacial score (nSPS) is 11.0. The molecule has 0 heterocycles. The van der Waals surface area contributed by atoms with E-state index in [1.807, 2.05) is 0 Å². The first kappa shape index (κ1) is 13.7. The monoisotopic (exact) mass is 282 g/mol. The van der Waals surface area contributed by atoms with Crippen molar-refractivity contribution < 1.29 is 22.3 Å². The molecule has 0 unspecified atom stereocenters. The first-order valence-corrected chi connectivity index (χ1v) is 6.04. The molecule has 0 aliphatic carbocycles. The van der Waals surface area contributed by atoms with Crippen molar-refractivity contribution in [3.8, 4) is 0 Å². The van der Waals surface area contributed by atoms with Gasteiger partial charge in [0.15, 0.2) is 0 Å². The van der Waals surface area contributed by atoms with Crippen LogP contribution in [0.5, 0.6) is 0 Å². The summed E-state index contributed by atoms with van der Waals surface area (Å²) in [6.07, 6.45) is -0.994. The highest BCUT2D eigenvalue weighted by Crippen LogP contribution is 2.21. The zero-order valence-corrected chi connectivity index (χ0v) is 10.1. The third kappa shape index (κ3) is 3.55. The summed E-state index contributed by atoms with van der Waals surface area (Å²) in [6.45, 7) is 0. The average molecular weight is 283 g/mol. The van der Waals surface area contributed by atoms with Crippen LogP contribution in [0.1, 0.15) is 0 Å². The fourth-order valence-corrected chi connectivity index (χ4v) is 2.27. The van der Waals surface area contributed by atoms with Gasteiger partial charge in [-0.3, -0.25) is 0 Å². The summed E-state index contributed by atoms with van der Waals surface area (Å²) in [7, 11) is -3.01. The zero-order chi connectivity index (χ0) is 13.1. The predicted octanol–water partition coefficient (Wildman–Crippen LogP) is 1.03. The minimum Gasteiger partial charge on any atom is -0.452 e. The number of nitrogens with one attached hydrogen (secondary N) is 2. The lowest BCUT2D eigenvalue weighted by Crippen LogP contribution is -2.41. The van der Waals surface area contributed by atoms with E-state index in [1.165, 1.54) is 0 Å². The third-order valence-corrected chi connectivity index (χ3v) is 3.39. The van der Waals surface area contributed by atoms with E-state index < -0.39 is 21.9 Å². The summed E-state index contributed by atoms with van der Waals surface area (Å²) in [5.74, 6) is -0.671. The first-order valence-electron chi connectivity index (χ1n) is 4.17. The molecule has 6 nitrogen and oxygen atoms in total. The van der Waals surface area contributed by atoms with Gasteiger partial charge in [0, 0.05) is 0 Å². The number of carbonyl (C=O) groups excluding carboxylic acids is 1. The van der Waals surface area contributed by atoms with Crippen LogP contribution in [0.2, 0.25) is 5.02 Å². The van der Waals surface area contributed by atoms with Crippen LogP contribution in [-0.4, -0.2) is 21.6 Å². The fourth-order valence-electron chi connectivity index (χ4n) is 0.908. The Hall–Kier alpha value is -1.38. The number of sulfonamides is 1. The molecule has 0 saturated heterocycles. The number of rotatable bonds is 3. The Morgan fingerprint density at radius 3 is 2.65 bits per heavy atom. The standard InChI is InChI=1S/C8H8ClFN2O4S/c1-16-8(13)11-12-17(14,15)7-3-2-5(10)4-6(7)9/h2-4,12H,1H3,(H,11,13). The number of halogens is 2. The minimum atomic E-state index is -4.07. The number of hydrogen-bond acceptors (Lipinski definition) is 4. The van der Waals surface area contributed by atoms with Crippen LogP contribution in [0.4, 0.5) is 9.18 Å². The van der Waals surface area contributed by atoms with Crippen molar-refractivity contribution >= 4 is 27.7 Å². The van der Waals surface area contributed by atoms with E-state index in [4.69, 9.17) is 11.6 Å². The van der Waals surface area contributed by atoms with Gasteiger partial charge >= 0.3 is 6.09 Å². The van der Waals surface area contributed by atoms with Gasteiger partial charge in [0.05, 0.1) is 12.1 Å². The summed E-state index contributed by atoms with van der Waals surface area (Å²) < 4.78 is 40.1. The number of amides is 1. The van der Waals surface area contributed by atoms with E-state index in [9.17, 15) is 17.6 Å². The summed E-state index contributed by atoms with van der Waals surface area (Å²) in [4.78, 5) is 12.0. The van der Waals surface area contributed by atoms with Gasteiger partial charge in [-0.2, -0.15) is 0 Å². The number of ether oxygens (including phenoxy) is 1. The lowest BCUT2D eigenvalue weighted by molar-refractivity contribution is 0.169. The minimum absolute atomic E-state index is 0.302. The summed E-state index contributed by atoms with van der Waals surface area (Å²) >= 11 is 5.56. The largest absolute Gasteiger partial charge is 0.452 e. The van der Waals surface area contributed by atoms with E-state index in [-0.39, 0.29) is 9.92 Å². The Morgan fingerprint density at radius 1 is 1.47 bits per heavy atom. The molecule has 0 saturated carbocycles. The van der Waals surface area contributed by atoms with E-state index in [1.54, 1.807) is 10.3 Å². The van der Waals surface area contributed by atoms with Gasteiger partial charge in [0.1, 0.15) is 10.7 Å². The van der Waals surface area contributed by atoms with E-state index in [0.29, 0.717) is 0 Å². The zero-order valence-electron chi connectivity index (χ0n) is 8.53. The topological polar surface area (TPSA) is 84.5 Å². The maximum absolute atomic E-state index is 12.7. The molecule has 0 fully saturated rings. The van der Waals surface area contributed by atoms with Crippen molar-refractivity contribution in [1.29, 1.82) is 0 Å². The molecule has 0 radical (unpaired) electrons. The molecular weight excluding hydrogens is 275 g/mol. The van der Waals surface area contributed by atoms with Gasteiger partial charge in [-0.15, -0.1) is 4.83 Å². The Kier molecular flexibility index (Phi) is 4.27. The molecule has 1 aromatic rings. The van der Waals surface area contributed by atoms with Crippen LogP contribution in [0.15, 0.2) is 23.1 Å². The van der Waals surface area contributed by atoms with E-state index >= 15 is 0 Å². The smallest absolute Gasteiger partial charge is 0.422 e. The number of carbonyl (C=O) groups is 1. The fraction of sp³-hybridized carbons (Fsp3) is 0.125. The van der Waals surface area contributed by atoms with Crippen LogP contribution in [0.25, 0.3) is 0 Å². The van der Waals surface area contributed by atoms with E-state index in [0.717, 1.165) is 25.3 Å². The second-order valence-corrected chi connectivity index (χ2v) is 4.85. The Morgan fingerprint density at radius 2 is 2.12 bits per heavy atom. The van der Waals surface area contributed by atoms with Gasteiger partial charge in [-0.05, 0) is 18.2 Å². The van der Waals surface area contributed by atoms with Gasteiger partial charge < -0.3 is 4.74 Å².